The van der Waals surface area contributed by atoms with Crippen LogP contribution < -0.4 is 0 Å². The molecule has 0 N–H and O–H groups in total. The number of nitrogens with zero attached hydrogens (tertiary/aromatic N) is 3. The van der Waals surface area contributed by atoms with E-state index in [-0.39, 0.29) is 19.0 Å². The van der Waals surface area contributed by atoms with Crippen LogP contribution in [0.2, 0.25) is 0 Å². The lowest BCUT2D eigenvalue weighted by molar-refractivity contribution is 0.0529. The van der Waals surface area contributed by atoms with Gasteiger partial charge in [0.2, 0.25) is 0 Å². The number of benzene rings is 1. The van der Waals surface area contributed by atoms with Crippen molar-refractivity contribution in [3.63, 3.8) is 0 Å². The number of pyridine rings is 1. The van der Waals surface area contributed by atoms with E-state index in [1.54, 1.807) is 17.2 Å². The number of rotatable bonds is 3. The van der Waals surface area contributed by atoms with Gasteiger partial charge in [-0.05, 0) is 37.1 Å². The maximum Gasteiger partial charge on any atom is 0.259 e. The molecular weight excluding hydrogens is 352 g/mol. The van der Waals surface area contributed by atoms with E-state index in [0.29, 0.717) is 24.6 Å². The number of hydrogen-bond acceptors (Lipinski definition) is 3. The van der Waals surface area contributed by atoms with Crippen LogP contribution in [-0.4, -0.2) is 52.8 Å². The zero-order chi connectivity index (χ0) is 19.0. The summed E-state index contributed by atoms with van der Waals surface area (Å²) in [5.41, 5.74) is 0.997. The number of piperazine rings is 1. The second-order valence-corrected chi connectivity index (χ2v) is 6.92. The van der Waals surface area contributed by atoms with Gasteiger partial charge in [0.1, 0.15) is 17.2 Å². The molecule has 4 rings (SSSR count). The second kappa shape index (κ2) is 7.06. The fourth-order valence-electron chi connectivity index (χ4n) is 3.34. The number of halogens is 2. The van der Waals surface area contributed by atoms with E-state index in [9.17, 15) is 18.4 Å². The molecule has 5 nitrogen and oxygen atoms in total. The maximum absolute atomic E-state index is 13.8. The number of carbonyl (C=O) groups is 2. The van der Waals surface area contributed by atoms with Gasteiger partial charge in [-0.2, -0.15) is 0 Å². The lowest BCUT2D eigenvalue weighted by Gasteiger charge is -2.35. The summed E-state index contributed by atoms with van der Waals surface area (Å²) in [6.07, 6.45) is 3.87. The predicted octanol–water partition coefficient (Wildman–Crippen LogP) is 2.84. The summed E-state index contributed by atoms with van der Waals surface area (Å²) < 4.78 is 27.7. The molecular formula is C20H19F2N3O2. The fourth-order valence-corrected chi connectivity index (χ4v) is 3.34. The average molecular weight is 371 g/mol. The molecule has 1 saturated carbocycles. The van der Waals surface area contributed by atoms with Gasteiger partial charge in [0.15, 0.2) is 0 Å². The number of carbonyl (C=O) groups excluding carboxylic acids is 2. The summed E-state index contributed by atoms with van der Waals surface area (Å²) in [6.45, 7) is 1.11. The number of aromatic nitrogens is 1. The van der Waals surface area contributed by atoms with Crippen LogP contribution in [0, 0.1) is 11.6 Å². The lowest BCUT2D eigenvalue weighted by atomic mass is 10.1. The van der Waals surface area contributed by atoms with Crippen LogP contribution in [0.25, 0.3) is 0 Å². The van der Waals surface area contributed by atoms with Gasteiger partial charge in [-0.25, -0.2) is 8.78 Å². The Labute approximate surface area is 155 Å². The van der Waals surface area contributed by atoms with Gasteiger partial charge in [-0.15, -0.1) is 0 Å². The van der Waals surface area contributed by atoms with Gasteiger partial charge in [-0.3, -0.25) is 14.6 Å². The predicted molar refractivity (Wildman–Crippen MR) is 94.4 cm³/mol. The molecule has 2 aromatic rings. The normalized spacial score (nSPS) is 17.1. The van der Waals surface area contributed by atoms with Crippen LogP contribution in [-0.2, 0) is 0 Å². The van der Waals surface area contributed by atoms with Crippen molar-refractivity contribution in [1.29, 1.82) is 0 Å². The minimum Gasteiger partial charge on any atom is -0.335 e. The Kier molecular flexibility index (Phi) is 4.59. The molecule has 2 heterocycles. The van der Waals surface area contributed by atoms with Gasteiger partial charge in [0, 0.05) is 49.6 Å². The molecule has 1 aromatic carbocycles. The third-order valence-electron chi connectivity index (χ3n) is 5.05. The van der Waals surface area contributed by atoms with Crippen LogP contribution in [0.3, 0.4) is 0 Å². The third-order valence-corrected chi connectivity index (χ3v) is 5.05. The van der Waals surface area contributed by atoms with E-state index in [4.69, 9.17) is 0 Å². The number of amides is 2. The summed E-state index contributed by atoms with van der Waals surface area (Å²) in [7, 11) is 0. The molecule has 0 atom stereocenters. The first-order chi connectivity index (χ1) is 13.0. The second-order valence-electron chi connectivity index (χ2n) is 6.92. The smallest absolute Gasteiger partial charge is 0.259 e. The first-order valence-electron chi connectivity index (χ1n) is 9.03. The Morgan fingerprint density at radius 1 is 0.926 bits per heavy atom. The highest BCUT2D eigenvalue weighted by Gasteiger charge is 2.30. The van der Waals surface area contributed by atoms with Crippen molar-refractivity contribution >= 4 is 11.8 Å². The molecule has 1 aromatic heterocycles. The van der Waals surface area contributed by atoms with Gasteiger partial charge in [-0.1, -0.05) is 6.07 Å². The molecule has 140 valence electrons. The molecule has 1 aliphatic heterocycles. The van der Waals surface area contributed by atoms with Crippen LogP contribution in [0.15, 0.2) is 36.5 Å². The van der Waals surface area contributed by atoms with Crippen molar-refractivity contribution in [3.05, 3.63) is 65.0 Å². The Bertz CT molecular complexity index is 870. The first-order valence-corrected chi connectivity index (χ1v) is 9.03. The monoisotopic (exact) mass is 371 g/mol. The zero-order valence-electron chi connectivity index (χ0n) is 14.7. The minimum atomic E-state index is -0.872. The van der Waals surface area contributed by atoms with Crippen molar-refractivity contribution < 1.29 is 18.4 Å². The largest absolute Gasteiger partial charge is 0.335 e. The van der Waals surface area contributed by atoms with Crippen LogP contribution >= 0.6 is 0 Å². The van der Waals surface area contributed by atoms with Gasteiger partial charge >= 0.3 is 0 Å². The minimum absolute atomic E-state index is 0.108. The first kappa shape index (κ1) is 17.6. The van der Waals surface area contributed by atoms with Crippen molar-refractivity contribution in [3.8, 4) is 0 Å². The molecule has 2 fully saturated rings. The van der Waals surface area contributed by atoms with E-state index >= 15 is 0 Å². The Balaban J connectivity index is 1.42. The van der Waals surface area contributed by atoms with E-state index < -0.39 is 23.1 Å². The maximum atomic E-state index is 13.8. The summed E-state index contributed by atoms with van der Waals surface area (Å²) in [5, 5.41) is 0. The summed E-state index contributed by atoms with van der Waals surface area (Å²) >= 11 is 0. The summed E-state index contributed by atoms with van der Waals surface area (Å²) in [5.74, 6) is -2.07. The highest BCUT2D eigenvalue weighted by atomic mass is 19.1. The standard InChI is InChI=1S/C20H19F2N3O2/c21-15-2-1-3-16(22)18(15)20(27)25-10-8-24(9-11-25)19(26)14-6-7-23-17(12-14)13-4-5-13/h1-3,6-7,12-13H,4-5,8-11H2. The highest BCUT2D eigenvalue weighted by molar-refractivity contribution is 5.96. The van der Waals surface area contributed by atoms with E-state index in [1.807, 2.05) is 6.07 Å². The van der Waals surface area contributed by atoms with Gasteiger partial charge in [0.05, 0.1) is 0 Å². The molecule has 7 heteroatoms. The number of hydrogen-bond donors (Lipinski definition) is 0. The van der Waals surface area contributed by atoms with E-state index in [0.717, 1.165) is 30.7 Å². The third kappa shape index (κ3) is 3.54. The van der Waals surface area contributed by atoms with E-state index in [1.165, 1.54) is 11.0 Å². The van der Waals surface area contributed by atoms with E-state index in [2.05, 4.69) is 4.98 Å². The Morgan fingerprint density at radius 3 is 2.11 bits per heavy atom. The molecule has 1 aliphatic carbocycles. The molecule has 27 heavy (non-hydrogen) atoms. The van der Waals surface area contributed by atoms with Crippen molar-refractivity contribution in [2.75, 3.05) is 26.2 Å². The summed E-state index contributed by atoms with van der Waals surface area (Å²) in [6, 6.07) is 6.89. The van der Waals surface area contributed by atoms with Crippen LogP contribution in [0.1, 0.15) is 45.2 Å². The highest BCUT2D eigenvalue weighted by Crippen LogP contribution is 2.39. The molecule has 2 amide bonds. The zero-order valence-corrected chi connectivity index (χ0v) is 14.7. The fraction of sp³-hybridized carbons (Fsp3) is 0.350. The molecule has 1 saturated heterocycles. The van der Waals surface area contributed by atoms with Crippen LogP contribution in [0.4, 0.5) is 8.78 Å². The van der Waals surface area contributed by atoms with Crippen LogP contribution in [0.5, 0.6) is 0 Å². The summed E-state index contributed by atoms with van der Waals surface area (Å²) in [4.78, 5) is 32.5. The SMILES string of the molecule is O=C(c1ccnc(C2CC2)c1)N1CCN(C(=O)c2c(F)cccc2F)CC1. The molecule has 0 bridgehead atoms. The quantitative estimate of drug-likeness (QED) is 0.834. The van der Waals surface area contributed by atoms with Crippen molar-refractivity contribution in [2.45, 2.75) is 18.8 Å². The van der Waals surface area contributed by atoms with Gasteiger partial charge < -0.3 is 9.80 Å². The average Bonchev–Trinajstić information content (AvgIpc) is 3.53. The molecule has 2 aliphatic rings. The molecule has 0 spiro atoms. The lowest BCUT2D eigenvalue weighted by Crippen LogP contribution is -2.50. The Hall–Kier alpha value is -2.83. The Morgan fingerprint density at radius 2 is 1.52 bits per heavy atom. The topological polar surface area (TPSA) is 53.5 Å². The molecule has 0 radical (unpaired) electrons. The molecule has 0 unspecified atom stereocenters. The van der Waals surface area contributed by atoms with Gasteiger partial charge in [0.25, 0.3) is 11.8 Å². The van der Waals surface area contributed by atoms with Crippen molar-refractivity contribution in [2.24, 2.45) is 0 Å². The van der Waals surface area contributed by atoms with Crippen molar-refractivity contribution in [1.82, 2.24) is 14.8 Å².